The fourth-order valence-electron chi connectivity index (χ4n) is 4.10. The highest BCUT2D eigenvalue weighted by atomic mass is 35.5. The van der Waals surface area contributed by atoms with Crippen LogP contribution in [0.3, 0.4) is 0 Å². The zero-order valence-corrected chi connectivity index (χ0v) is 18.2. The first kappa shape index (κ1) is 20.3. The summed E-state index contributed by atoms with van der Waals surface area (Å²) in [4.78, 5) is 28.9. The molecule has 1 amide bonds. The molecule has 0 atom stereocenters. The van der Waals surface area contributed by atoms with Crippen molar-refractivity contribution in [3.05, 3.63) is 101 Å². The number of H-pyrrole nitrogens is 1. The zero-order valence-electron chi connectivity index (χ0n) is 17.4. The second-order valence-electron chi connectivity index (χ2n) is 7.76. The maximum Gasteiger partial charge on any atom is 0.257 e. The lowest BCUT2D eigenvalue weighted by Gasteiger charge is -2.24. The standard InChI is InChI=1S/C25H22ClN5O/c26-24-22(7-4-10-28-24)25(32)31-12-11-30(16-21-14-27-17-29-21)23-9-8-19(13-20(23)15-31)18-5-2-1-3-6-18/h1-10,13-14,17H,11-12,15-16H2,(H,27,29). The van der Waals surface area contributed by atoms with Gasteiger partial charge < -0.3 is 14.8 Å². The van der Waals surface area contributed by atoms with Crippen LogP contribution >= 0.6 is 11.6 Å². The lowest BCUT2D eigenvalue weighted by molar-refractivity contribution is 0.0751. The van der Waals surface area contributed by atoms with Gasteiger partial charge in [-0.05, 0) is 41.0 Å². The molecule has 3 heterocycles. The molecular weight excluding hydrogens is 422 g/mol. The van der Waals surface area contributed by atoms with Gasteiger partial charge in [0.1, 0.15) is 5.15 Å². The van der Waals surface area contributed by atoms with Crippen LogP contribution in [-0.4, -0.2) is 38.8 Å². The van der Waals surface area contributed by atoms with Gasteiger partial charge in [-0.25, -0.2) is 9.97 Å². The molecule has 160 valence electrons. The average molecular weight is 444 g/mol. The Labute approximate surface area is 191 Å². The Balaban J connectivity index is 1.52. The molecule has 1 aliphatic rings. The van der Waals surface area contributed by atoms with E-state index in [-0.39, 0.29) is 11.1 Å². The van der Waals surface area contributed by atoms with Crippen molar-refractivity contribution in [2.24, 2.45) is 0 Å². The summed E-state index contributed by atoms with van der Waals surface area (Å²) in [6, 6.07) is 20.2. The van der Waals surface area contributed by atoms with Crippen LogP contribution in [0.25, 0.3) is 11.1 Å². The number of benzene rings is 2. The van der Waals surface area contributed by atoms with Crippen molar-refractivity contribution in [1.82, 2.24) is 19.9 Å². The number of nitrogens with one attached hydrogen (secondary N) is 1. The second kappa shape index (κ2) is 8.85. The number of carbonyl (C=O) groups excluding carboxylic acids is 1. The predicted molar refractivity (Wildman–Crippen MR) is 126 cm³/mol. The molecule has 7 heteroatoms. The summed E-state index contributed by atoms with van der Waals surface area (Å²) in [5.41, 5.74) is 5.85. The smallest absolute Gasteiger partial charge is 0.257 e. The van der Waals surface area contributed by atoms with E-state index < -0.39 is 0 Å². The van der Waals surface area contributed by atoms with Crippen molar-refractivity contribution in [2.75, 3.05) is 18.0 Å². The number of hydrogen-bond acceptors (Lipinski definition) is 4. The Bertz CT molecular complexity index is 1230. The average Bonchev–Trinajstić information content (AvgIpc) is 3.27. The van der Waals surface area contributed by atoms with Crippen LogP contribution in [0.15, 0.2) is 79.4 Å². The van der Waals surface area contributed by atoms with Crippen molar-refractivity contribution in [2.45, 2.75) is 13.1 Å². The third-order valence-electron chi connectivity index (χ3n) is 5.71. The van der Waals surface area contributed by atoms with E-state index in [9.17, 15) is 4.79 Å². The molecular formula is C25H22ClN5O. The highest BCUT2D eigenvalue weighted by Gasteiger charge is 2.26. The van der Waals surface area contributed by atoms with Gasteiger partial charge >= 0.3 is 0 Å². The summed E-state index contributed by atoms with van der Waals surface area (Å²) in [6.07, 6.45) is 5.18. The quantitative estimate of drug-likeness (QED) is 0.461. The summed E-state index contributed by atoms with van der Waals surface area (Å²) < 4.78 is 0. The third kappa shape index (κ3) is 4.09. The zero-order chi connectivity index (χ0) is 21.9. The second-order valence-corrected chi connectivity index (χ2v) is 8.12. The first-order valence-electron chi connectivity index (χ1n) is 10.5. The van der Waals surface area contributed by atoms with E-state index in [1.54, 1.807) is 24.7 Å². The molecule has 4 aromatic rings. The van der Waals surface area contributed by atoms with Crippen LogP contribution in [0.4, 0.5) is 5.69 Å². The number of anilines is 1. The van der Waals surface area contributed by atoms with Crippen molar-refractivity contribution < 1.29 is 4.79 Å². The van der Waals surface area contributed by atoms with E-state index in [4.69, 9.17) is 11.6 Å². The van der Waals surface area contributed by atoms with Gasteiger partial charge in [0.05, 0.1) is 24.1 Å². The van der Waals surface area contributed by atoms with E-state index in [2.05, 4.69) is 50.2 Å². The van der Waals surface area contributed by atoms with Crippen molar-refractivity contribution in [3.8, 4) is 11.1 Å². The van der Waals surface area contributed by atoms with Crippen molar-refractivity contribution >= 4 is 23.2 Å². The number of hydrogen-bond donors (Lipinski definition) is 1. The number of carbonyl (C=O) groups is 1. The van der Waals surface area contributed by atoms with Gasteiger partial charge in [-0.2, -0.15) is 0 Å². The lowest BCUT2D eigenvalue weighted by atomic mass is 10.0. The van der Waals surface area contributed by atoms with E-state index >= 15 is 0 Å². The number of aromatic nitrogens is 3. The largest absolute Gasteiger partial charge is 0.364 e. The fourth-order valence-corrected chi connectivity index (χ4v) is 4.30. The molecule has 0 radical (unpaired) electrons. The summed E-state index contributed by atoms with van der Waals surface area (Å²) in [5.74, 6) is -0.110. The fraction of sp³-hybridized carbons (Fsp3) is 0.160. The van der Waals surface area contributed by atoms with E-state index in [0.29, 0.717) is 31.7 Å². The molecule has 0 spiro atoms. The Kier molecular flexibility index (Phi) is 5.60. The van der Waals surface area contributed by atoms with Gasteiger partial charge in [0, 0.05) is 37.7 Å². The molecule has 0 unspecified atom stereocenters. The van der Waals surface area contributed by atoms with E-state index in [1.807, 2.05) is 29.3 Å². The highest BCUT2D eigenvalue weighted by Crippen LogP contribution is 2.32. The Morgan fingerprint density at radius 3 is 2.66 bits per heavy atom. The number of amides is 1. The molecule has 2 aromatic heterocycles. The molecule has 5 rings (SSSR count). The Morgan fingerprint density at radius 2 is 1.88 bits per heavy atom. The molecule has 32 heavy (non-hydrogen) atoms. The number of nitrogens with zero attached hydrogens (tertiary/aromatic N) is 4. The third-order valence-corrected chi connectivity index (χ3v) is 6.01. The van der Waals surface area contributed by atoms with Gasteiger partial charge in [0.15, 0.2) is 0 Å². The molecule has 2 aromatic carbocycles. The predicted octanol–water partition coefficient (Wildman–Crippen LogP) is 4.79. The van der Waals surface area contributed by atoms with Gasteiger partial charge in [-0.1, -0.05) is 48.0 Å². The maximum absolute atomic E-state index is 13.3. The van der Waals surface area contributed by atoms with Gasteiger partial charge in [-0.3, -0.25) is 4.79 Å². The summed E-state index contributed by atoms with van der Waals surface area (Å²) in [7, 11) is 0. The maximum atomic E-state index is 13.3. The van der Waals surface area contributed by atoms with Crippen LogP contribution < -0.4 is 4.90 Å². The number of imidazole rings is 1. The number of fused-ring (bicyclic) bond motifs is 1. The molecule has 6 nitrogen and oxygen atoms in total. The van der Waals surface area contributed by atoms with Crippen LogP contribution in [0.1, 0.15) is 21.6 Å². The van der Waals surface area contributed by atoms with Crippen LogP contribution in [0.2, 0.25) is 5.15 Å². The first-order chi connectivity index (χ1) is 15.7. The minimum absolute atomic E-state index is 0.110. The lowest BCUT2D eigenvalue weighted by Crippen LogP contribution is -2.35. The van der Waals surface area contributed by atoms with Gasteiger partial charge in [0.2, 0.25) is 0 Å². The number of aromatic amines is 1. The Morgan fingerprint density at radius 1 is 1.00 bits per heavy atom. The molecule has 0 saturated carbocycles. The SMILES string of the molecule is O=C(c1cccnc1Cl)N1CCN(Cc2c[nH]cn2)c2ccc(-c3ccccc3)cc2C1. The number of halogens is 1. The molecule has 0 fully saturated rings. The van der Waals surface area contributed by atoms with Crippen LogP contribution in [-0.2, 0) is 13.1 Å². The molecule has 1 N–H and O–H groups in total. The van der Waals surface area contributed by atoms with Crippen LogP contribution in [0, 0.1) is 0 Å². The van der Waals surface area contributed by atoms with Crippen LogP contribution in [0.5, 0.6) is 0 Å². The van der Waals surface area contributed by atoms with E-state index in [0.717, 1.165) is 28.1 Å². The minimum Gasteiger partial charge on any atom is -0.364 e. The highest BCUT2D eigenvalue weighted by molar-refractivity contribution is 6.32. The molecule has 1 aliphatic heterocycles. The number of pyridine rings is 1. The molecule has 0 bridgehead atoms. The van der Waals surface area contributed by atoms with Crippen molar-refractivity contribution in [3.63, 3.8) is 0 Å². The Hall–Kier alpha value is -3.64. The van der Waals surface area contributed by atoms with Crippen molar-refractivity contribution in [1.29, 1.82) is 0 Å². The normalized spacial score (nSPS) is 13.5. The molecule has 0 aliphatic carbocycles. The molecule has 0 saturated heterocycles. The monoisotopic (exact) mass is 443 g/mol. The topological polar surface area (TPSA) is 65.1 Å². The summed E-state index contributed by atoms with van der Waals surface area (Å²) in [5, 5.41) is 0.230. The van der Waals surface area contributed by atoms with E-state index in [1.165, 1.54) is 0 Å². The summed E-state index contributed by atoms with van der Waals surface area (Å²) >= 11 is 6.23. The minimum atomic E-state index is -0.110. The van der Waals surface area contributed by atoms with Gasteiger partial charge in [0.25, 0.3) is 5.91 Å². The number of rotatable bonds is 4. The first-order valence-corrected chi connectivity index (χ1v) is 10.9. The van der Waals surface area contributed by atoms with Gasteiger partial charge in [-0.15, -0.1) is 0 Å². The summed E-state index contributed by atoms with van der Waals surface area (Å²) in [6.45, 7) is 2.42.